The number of β-amino-alcohol motifs (C(OH)–C–C–N with tert-alkyl or cyclic N) is 1. The van der Waals surface area contributed by atoms with Gasteiger partial charge >= 0.3 is 0 Å². The molecule has 0 bridgehead atoms. The third-order valence-corrected chi connectivity index (χ3v) is 3.77. The zero-order chi connectivity index (χ0) is 14.1. The molecule has 0 amide bonds. The lowest BCUT2D eigenvalue weighted by atomic mass is 10.0. The molecular weight excluding hydrogens is 258 g/mol. The zero-order valence-corrected chi connectivity index (χ0v) is 11.2. The third kappa shape index (κ3) is 2.07. The van der Waals surface area contributed by atoms with Gasteiger partial charge in [-0.15, -0.1) is 0 Å². The van der Waals surface area contributed by atoms with Gasteiger partial charge in [-0.05, 0) is 25.1 Å². The maximum absolute atomic E-state index is 12.7. The van der Waals surface area contributed by atoms with E-state index in [1.165, 1.54) is 18.0 Å². The Morgan fingerprint density at radius 3 is 3.10 bits per heavy atom. The van der Waals surface area contributed by atoms with E-state index in [1.54, 1.807) is 18.2 Å². The molecule has 6 nitrogen and oxygen atoms in total. The summed E-state index contributed by atoms with van der Waals surface area (Å²) in [6, 6.07) is 5.08. The minimum atomic E-state index is -0.588. The number of aromatic nitrogens is 2. The van der Waals surface area contributed by atoms with Crippen molar-refractivity contribution >= 4 is 10.9 Å². The Hall–Kier alpha value is -1.92. The number of aliphatic hydroxyl groups excluding tert-OH is 1. The van der Waals surface area contributed by atoms with Crippen molar-refractivity contribution in [1.82, 2.24) is 14.9 Å². The van der Waals surface area contributed by atoms with Crippen LogP contribution in [0.4, 0.5) is 0 Å². The summed E-state index contributed by atoms with van der Waals surface area (Å²) >= 11 is 0. The van der Waals surface area contributed by atoms with Crippen molar-refractivity contribution in [3.05, 3.63) is 34.9 Å². The molecule has 1 fully saturated rings. The highest BCUT2D eigenvalue weighted by molar-refractivity contribution is 5.83. The van der Waals surface area contributed by atoms with E-state index >= 15 is 0 Å². The van der Waals surface area contributed by atoms with Crippen molar-refractivity contribution in [2.45, 2.75) is 18.6 Å². The number of rotatable bonds is 2. The summed E-state index contributed by atoms with van der Waals surface area (Å²) in [4.78, 5) is 17.0. The SMILES string of the molecule is COc1cccc2ncn([C@@H]3CCNC[C@H]3O)c(=O)c12. The number of methoxy groups -OCH3 is 1. The van der Waals surface area contributed by atoms with E-state index in [1.807, 2.05) is 0 Å². The first-order chi connectivity index (χ1) is 9.72. The number of aliphatic hydroxyl groups is 1. The van der Waals surface area contributed by atoms with E-state index in [4.69, 9.17) is 4.74 Å². The molecule has 2 N–H and O–H groups in total. The molecule has 2 atom stereocenters. The molecule has 0 saturated carbocycles. The highest BCUT2D eigenvalue weighted by atomic mass is 16.5. The molecule has 6 heteroatoms. The normalized spacial score (nSPS) is 22.9. The first kappa shape index (κ1) is 13.1. The minimum Gasteiger partial charge on any atom is -0.496 e. The number of hydrogen-bond donors (Lipinski definition) is 2. The fourth-order valence-electron chi connectivity index (χ4n) is 2.71. The predicted molar refractivity (Wildman–Crippen MR) is 75.1 cm³/mol. The summed E-state index contributed by atoms with van der Waals surface area (Å²) in [7, 11) is 1.53. The van der Waals surface area contributed by atoms with Crippen molar-refractivity contribution in [2.75, 3.05) is 20.2 Å². The van der Waals surface area contributed by atoms with E-state index in [-0.39, 0.29) is 11.6 Å². The second-order valence-corrected chi connectivity index (χ2v) is 4.94. The van der Waals surface area contributed by atoms with Gasteiger partial charge in [0, 0.05) is 6.54 Å². The van der Waals surface area contributed by atoms with Gasteiger partial charge in [0.15, 0.2) is 0 Å². The fourth-order valence-corrected chi connectivity index (χ4v) is 2.71. The minimum absolute atomic E-state index is 0.168. The summed E-state index contributed by atoms with van der Waals surface area (Å²) in [5.74, 6) is 0.512. The smallest absolute Gasteiger partial charge is 0.265 e. The molecule has 2 heterocycles. The van der Waals surface area contributed by atoms with Gasteiger partial charge < -0.3 is 15.2 Å². The van der Waals surface area contributed by atoms with Crippen LogP contribution in [0.15, 0.2) is 29.3 Å². The maximum Gasteiger partial charge on any atom is 0.265 e. The van der Waals surface area contributed by atoms with Crippen molar-refractivity contribution < 1.29 is 9.84 Å². The van der Waals surface area contributed by atoms with Gasteiger partial charge in [0.25, 0.3) is 5.56 Å². The molecule has 1 aromatic heterocycles. The first-order valence-electron chi connectivity index (χ1n) is 6.65. The van der Waals surface area contributed by atoms with Crippen molar-refractivity contribution in [1.29, 1.82) is 0 Å². The van der Waals surface area contributed by atoms with Crippen LogP contribution in [0.2, 0.25) is 0 Å². The lowest BCUT2D eigenvalue weighted by Gasteiger charge is -2.29. The fraction of sp³-hybridized carbons (Fsp3) is 0.429. The summed E-state index contributed by atoms with van der Waals surface area (Å²) in [5.41, 5.74) is 0.437. The highest BCUT2D eigenvalue weighted by Crippen LogP contribution is 2.22. The monoisotopic (exact) mass is 275 g/mol. The molecule has 0 radical (unpaired) electrons. The van der Waals surface area contributed by atoms with E-state index in [0.717, 1.165) is 6.54 Å². The lowest BCUT2D eigenvalue weighted by molar-refractivity contribution is 0.0852. The van der Waals surface area contributed by atoms with Crippen LogP contribution in [-0.2, 0) is 0 Å². The van der Waals surface area contributed by atoms with Gasteiger partial charge in [-0.2, -0.15) is 0 Å². The number of hydrogen-bond acceptors (Lipinski definition) is 5. The average Bonchev–Trinajstić information content (AvgIpc) is 2.48. The Kier molecular flexibility index (Phi) is 3.42. The molecule has 0 unspecified atom stereocenters. The lowest BCUT2D eigenvalue weighted by Crippen LogP contribution is -2.44. The Morgan fingerprint density at radius 1 is 1.50 bits per heavy atom. The summed E-state index contributed by atoms with van der Waals surface area (Å²) in [6.07, 6.45) is 1.63. The molecule has 1 aromatic carbocycles. The molecule has 20 heavy (non-hydrogen) atoms. The molecule has 2 aromatic rings. The molecular formula is C14H17N3O3. The first-order valence-corrected chi connectivity index (χ1v) is 6.65. The van der Waals surface area contributed by atoms with Crippen LogP contribution >= 0.6 is 0 Å². The number of benzene rings is 1. The number of fused-ring (bicyclic) bond motifs is 1. The number of nitrogens with one attached hydrogen (secondary N) is 1. The van der Waals surface area contributed by atoms with Crippen LogP contribution in [0.3, 0.4) is 0 Å². The van der Waals surface area contributed by atoms with Gasteiger partial charge in [0.05, 0.1) is 31.1 Å². The molecule has 0 aliphatic carbocycles. The Morgan fingerprint density at radius 2 is 2.35 bits per heavy atom. The molecule has 0 spiro atoms. The van der Waals surface area contributed by atoms with Crippen LogP contribution in [0, 0.1) is 0 Å². The molecule has 1 saturated heterocycles. The van der Waals surface area contributed by atoms with Crippen molar-refractivity contribution in [2.24, 2.45) is 0 Å². The van der Waals surface area contributed by atoms with Gasteiger partial charge in [0.2, 0.25) is 0 Å². The van der Waals surface area contributed by atoms with Crippen LogP contribution in [-0.4, -0.2) is 41.0 Å². The second kappa shape index (κ2) is 5.22. The molecule has 106 valence electrons. The van der Waals surface area contributed by atoms with Crippen LogP contribution in [0.5, 0.6) is 5.75 Å². The van der Waals surface area contributed by atoms with Gasteiger partial charge in [-0.3, -0.25) is 9.36 Å². The quantitative estimate of drug-likeness (QED) is 0.824. The second-order valence-electron chi connectivity index (χ2n) is 4.94. The number of piperidine rings is 1. The molecule has 1 aliphatic rings. The van der Waals surface area contributed by atoms with Crippen LogP contribution < -0.4 is 15.6 Å². The van der Waals surface area contributed by atoms with Crippen molar-refractivity contribution in [3.8, 4) is 5.75 Å². The predicted octanol–water partition coefficient (Wildman–Crippen LogP) is 0.300. The van der Waals surface area contributed by atoms with Gasteiger partial charge in [0.1, 0.15) is 11.1 Å². The van der Waals surface area contributed by atoms with E-state index < -0.39 is 6.10 Å². The van der Waals surface area contributed by atoms with Crippen LogP contribution in [0.1, 0.15) is 12.5 Å². The standard InChI is InChI=1S/C14H17N3O3/c1-20-12-4-2-3-9-13(12)14(19)17(8-16-9)10-5-6-15-7-11(10)18/h2-4,8,10-11,15,18H,5-7H2,1H3/t10-,11-/m1/s1. The van der Waals surface area contributed by atoms with Gasteiger partial charge in [-0.1, -0.05) is 6.07 Å². The zero-order valence-electron chi connectivity index (χ0n) is 11.2. The maximum atomic E-state index is 12.7. The highest BCUT2D eigenvalue weighted by Gasteiger charge is 2.26. The molecule has 3 rings (SSSR count). The largest absolute Gasteiger partial charge is 0.496 e. The number of nitrogens with zero attached hydrogens (tertiary/aromatic N) is 2. The Balaban J connectivity index is 2.18. The Labute approximate surface area is 116 Å². The number of ether oxygens (including phenoxy) is 1. The van der Waals surface area contributed by atoms with Gasteiger partial charge in [-0.25, -0.2) is 4.98 Å². The van der Waals surface area contributed by atoms with E-state index in [2.05, 4.69) is 10.3 Å². The third-order valence-electron chi connectivity index (χ3n) is 3.77. The summed E-state index contributed by atoms with van der Waals surface area (Å²) < 4.78 is 6.77. The summed E-state index contributed by atoms with van der Waals surface area (Å²) in [6.45, 7) is 1.26. The van der Waals surface area contributed by atoms with E-state index in [9.17, 15) is 9.90 Å². The van der Waals surface area contributed by atoms with Crippen molar-refractivity contribution in [3.63, 3.8) is 0 Å². The van der Waals surface area contributed by atoms with E-state index in [0.29, 0.717) is 29.6 Å². The Bertz CT molecular complexity index is 683. The molecule has 1 aliphatic heterocycles. The topological polar surface area (TPSA) is 76.4 Å². The summed E-state index contributed by atoms with van der Waals surface area (Å²) in [5, 5.41) is 13.6. The van der Waals surface area contributed by atoms with Crippen LogP contribution in [0.25, 0.3) is 10.9 Å². The average molecular weight is 275 g/mol.